The molecule has 2 aromatic carbocycles. The van der Waals surface area contributed by atoms with E-state index >= 15 is 0 Å². The fourth-order valence-corrected chi connectivity index (χ4v) is 14.5. The predicted molar refractivity (Wildman–Crippen MR) is 515 cm³/mol. The van der Waals surface area contributed by atoms with Gasteiger partial charge in [-0.1, -0.05) is 30.3 Å². The minimum absolute atomic E-state index is 0.000949. The summed E-state index contributed by atoms with van der Waals surface area (Å²) >= 11 is 7.97. The third kappa shape index (κ3) is 38.4. The second-order valence-electron chi connectivity index (χ2n) is 30.9. The molecular weight excluding hydrogens is 1870 g/mol. The number of fused-ring (bicyclic) bond motifs is 3. The van der Waals surface area contributed by atoms with Crippen molar-refractivity contribution in [3.8, 4) is 16.5 Å². The van der Waals surface area contributed by atoms with Crippen LogP contribution >= 0.6 is 22.9 Å². The van der Waals surface area contributed by atoms with E-state index in [-0.39, 0.29) is 137 Å². The Morgan fingerprint density at radius 2 is 0.964 bits per heavy atom. The van der Waals surface area contributed by atoms with Crippen molar-refractivity contribution in [2.75, 3.05) is 253 Å². The molecule has 9 rings (SSSR count). The number of methoxy groups -OCH3 is 1. The molecule has 1 aliphatic rings. The van der Waals surface area contributed by atoms with Crippen molar-refractivity contribution in [3.63, 3.8) is 0 Å². The zero-order chi connectivity index (χ0) is 100. The minimum Gasteiger partial charge on any atom is -0.487 e. The number of imidazole rings is 3. The third-order valence-corrected chi connectivity index (χ3v) is 21.8. The van der Waals surface area contributed by atoms with Crippen molar-refractivity contribution in [3.05, 3.63) is 166 Å². The summed E-state index contributed by atoms with van der Waals surface area (Å²) in [5.74, 6) is -2.42. The van der Waals surface area contributed by atoms with Crippen molar-refractivity contribution in [2.24, 2.45) is 33.2 Å². The van der Waals surface area contributed by atoms with Crippen LogP contribution in [-0.4, -0.2) is 344 Å². The molecule has 1 atom stereocenters. The first-order chi connectivity index (χ1) is 67.9. The van der Waals surface area contributed by atoms with Gasteiger partial charge in [0.15, 0.2) is 34.8 Å². The number of nitrogens with one attached hydrogen (secondary N) is 9. The number of hydrogen-bond donors (Lipinski definition) is 9. The van der Waals surface area contributed by atoms with E-state index in [1.165, 1.54) is 63.6 Å². The topological polar surface area (TPSA) is 514 Å². The van der Waals surface area contributed by atoms with E-state index in [4.69, 9.17) is 92.4 Å². The number of halogens is 1. The van der Waals surface area contributed by atoms with Gasteiger partial charge in [0.1, 0.15) is 41.5 Å². The maximum Gasteiger partial charge on any atom is 0.291 e. The van der Waals surface area contributed by atoms with Gasteiger partial charge in [0.2, 0.25) is 35.3 Å². The molecule has 46 nitrogen and oxygen atoms in total. The molecule has 9 N–H and O–H groups in total. The maximum absolute atomic E-state index is 14.1. The summed E-state index contributed by atoms with van der Waals surface area (Å²) in [4.78, 5) is 138. The van der Waals surface area contributed by atoms with Crippen molar-refractivity contribution < 1.29 is 119 Å². The van der Waals surface area contributed by atoms with Gasteiger partial charge in [0.05, 0.1) is 196 Å². The molecule has 0 unspecified atom stereocenters. The average molecular weight is 2000 g/mol. The lowest BCUT2D eigenvalue weighted by atomic mass is 9.99. The normalized spacial score (nSPS) is 12.3. The number of thiophene rings is 1. The fourth-order valence-electron chi connectivity index (χ4n) is 13.1. The summed E-state index contributed by atoms with van der Waals surface area (Å²) in [5.41, 5.74) is 4.67. The van der Waals surface area contributed by atoms with Crippen LogP contribution in [0.15, 0.2) is 109 Å². The van der Waals surface area contributed by atoms with Crippen LogP contribution in [0.5, 0.6) is 11.5 Å². The lowest BCUT2D eigenvalue weighted by molar-refractivity contribution is -0.121. The first-order valence-electron chi connectivity index (χ1n) is 45.5. The Balaban J connectivity index is 0.542. The number of ether oxygens (including phenoxy) is 16. The molecule has 0 spiro atoms. The Labute approximate surface area is 820 Å². The Morgan fingerprint density at radius 3 is 1.48 bits per heavy atom. The number of rotatable bonds is 71. The van der Waals surface area contributed by atoms with Crippen molar-refractivity contribution >= 4 is 105 Å². The zero-order valence-corrected chi connectivity index (χ0v) is 82.0. The van der Waals surface area contributed by atoms with Gasteiger partial charge < -0.3 is 147 Å². The van der Waals surface area contributed by atoms with Crippen LogP contribution in [0.4, 0.5) is 23.0 Å². The summed E-state index contributed by atoms with van der Waals surface area (Å²) < 4.78 is 98.1. The molecule has 0 radical (unpaired) electrons. The van der Waals surface area contributed by atoms with E-state index in [2.05, 4.69) is 93.4 Å². The first-order valence-corrected chi connectivity index (χ1v) is 46.7. The molecule has 0 saturated heterocycles. The van der Waals surface area contributed by atoms with Crippen LogP contribution < -0.4 is 57.3 Å². The summed E-state index contributed by atoms with van der Waals surface area (Å²) in [7, 11) is 9.52. The molecule has 140 heavy (non-hydrogen) atoms. The predicted octanol–water partition coefficient (Wildman–Crippen LogP) is 4.73. The number of carbonyl (C=O) groups excluding carboxylic acids is 9. The first kappa shape index (κ1) is 111. The molecule has 0 aliphatic carbocycles. The van der Waals surface area contributed by atoms with E-state index in [0.29, 0.717) is 198 Å². The SMILES string of the molecule is C=CN(C)/C(=C\NC(=O)c1nc(NC(=O)CCNC(=O)c2cc(NC(=O)c3nccn3C)cn2C)cn1C)C(=O)NCCC(=O)Nc1cn(C)c(C(=O)NCCC(=O)NCCOCCOCCOCCOCCOCCOCCOCCOCCOc2ccc(NC(=O)C[C@@H]3N=C(c4ccc(Cl)cc4)c4c(sc(C)c4C)-n4c(C)nnc43)cc2OCCOCCOCCOCCOCCOCCOC)n1. The van der Waals surface area contributed by atoms with Gasteiger partial charge in [0, 0.05) is 158 Å². The lowest BCUT2D eigenvalue weighted by Crippen LogP contribution is -2.35. The zero-order valence-electron chi connectivity index (χ0n) is 80.5. The number of benzene rings is 2. The van der Waals surface area contributed by atoms with Crippen LogP contribution in [0.1, 0.15) is 107 Å². The Kier molecular flexibility index (Phi) is 49.3. The van der Waals surface area contributed by atoms with E-state index in [9.17, 15) is 43.2 Å². The number of amides is 9. The second-order valence-corrected chi connectivity index (χ2v) is 32.5. The van der Waals surface area contributed by atoms with Gasteiger partial charge in [0.25, 0.3) is 29.5 Å². The molecule has 0 saturated carbocycles. The molecular formula is C92H128ClN21O25S. The standard InChI is InChI=1S/C92H128ClN21O25S/c1-11-109(5)72(59-99-90(122)86-106-76(62-113(86)9)104-78(116)19-22-96-87(119)71-56-69(60-111(71)7)101-91(123)84-95-24-26-110(84)6)88(120)97-23-20-79(117)103-75-61-112(8)85(105-75)89(121)98-21-18-77(115)94-25-27-125-30-31-127-34-35-129-38-39-131-40-41-132-42-43-133-44-46-134-48-50-136-52-54-138-73-17-16-68(57-74(73)139-55-53-137-51-49-135-47-45-130-37-36-128-33-32-126-29-28-124-10)100-80(118)58-70-83-108-107-65(4)114(83)92-81(63(2)64(3)140-92)82(102-70)66-12-14-67(93)15-13-66/h11-17,24,26,56-57,59-62,70H,1,18-23,25,27-55,58H2,2-10H3,(H,94,115)(H,96,119)(H,97,120)(H,98,121)(H,99,122)(H,100,118)(H,101,123)(H,103,117)(H,104,116)/b72-59-/t70-/m0/s1. The molecule has 7 heterocycles. The molecule has 9 amide bonds. The number of aryl methyl sites for hydroxylation is 6. The van der Waals surface area contributed by atoms with Crippen LogP contribution in [0.25, 0.3) is 5.00 Å². The summed E-state index contributed by atoms with van der Waals surface area (Å²) in [6, 6.07) is 13.5. The fraction of sp³-hybridized carbons (Fsp3) is 0.511. The van der Waals surface area contributed by atoms with E-state index < -0.39 is 47.4 Å². The Hall–Kier alpha value is -12.3. The smallest absolute Gasteiger partial charge is 0.291 e. The molecule has 8 aromatic rings. The summed E-state index contributed by atoms with van der Waals surface area (Å²) in [6.45, 7) is 20.4. The Bertz CT molecular complexity index is 5320. The summed E-state index contributed by atoms with van der Waals surface area (Å²) in [5, 5.41) is 34.6. The molecule has 48 heteroatoms. The van der Waals surface area contributed by atoms with Crippen LogP contribution in [0, 0.1) is 20.8 Å². The highest BCUT2D eigenvalue weighted by atomic mass is 35.5. The lowest BCUT2D eigenvalue weighted by Gasteiger charge is -2.17. The molecule has 0 fully saturated rings. The molecule has 764 valence electrons. The van der Waals surface area contributed by atoms with Gasteiger partial charge in [-0.3, -0.25) is 52.7 Å². The van der Waals surface area contributed by atoms with Crippen LogP contribution in [-0.2, 0) is 118 Å². The van der Waals surface area contributed by atoms with Crippen molar-refractivity contribution in [1.29, 1.82) is 0 Å². The van der Waals surface area contributed by atoms with E-state index in [1.54, 1.807) is 74.7 Å². The average Bonchev–Trinajstić information content (AvgIpc) is 1.59. The molecule has 0 bridgehead atoms. The number of carbonyl (C=O) groups is 9. The molecule has 6 aromatic heterocycles. The minimum atomic E-state index is -0.739. The van der Waals surface area contributed by atoms with Gasteiger partial charge in [-0.15, -0.1) is 21.5 Å². The van der Waals surface area contributed by atoms with E-state index in [1.807, 2.05) is 35.8 Å². The van der Waals surface area contributed by atoms with Gasteiger partial charge in [-0.25, -0.2) is 15.0 Å². The summed E-state index contributed by atoms with van der Waals surface area (Å²) in [6.07, 6.45) is 9.54. The van der Waals surface area contributed by atoms with Gasteiger partial charge in [-0.2, -0.15) is 0 Å². The Morgan fingerprint density at radius 1 is 0.479 bits per heavy atom. The maximum atomic E-state index is 14.1. The highest BCUT2D eigenvalue weighted by molar-refractivity contribution is 7.15. The number of aromatic nitrogens is 10. The van der Waals surface area contributed by atoms with Gasteiger partial charge in [-0.05, 0) is 62.9 Å². The number of hydrogen-bond acceptors (Lipinski definition) is 33. The number of anilines is 4. The third-order valence-electron chi connectivity index (χ3n) is 20.4. The van der Waals surface area contributed by atoms with Crippen molar-refractivity contribution in [1.82, 2.24) is 79.5 Å². The second kappa shape index (κ2) is 62.0. The molecule has 1 aliphatic heterocycles. The number of likely N-dealkylation sites (N-methyl/N-ethyl adjacent to an activating group) is 1. The van der Waals surface area contributed by atoms with Gasteiger partial charge >= 0.3 is 0 Å². The highest BCUT2D eigenvalue weighted by Gasteiger charge is 2.34. The highest BCUT2D eigenvalue weighted by Crippen LogP contribution is 2.40. The monoisotopic (exact) mass is 1990 g/mol. The van der Waals surface area contributed by atoms with E-state index in [0.717, 1.165) is 38.5 Å². The quantitative estimate of drug-likeness (QED) is 0.0184. The van der Waals surface area contributed by atoms with Crippen LogP contribution in [0.2, 0.25) is 5.02 Å². The largest absolute Gasteiger partial charge is 0.487 e. The van der Waals surface area contributed by atoms with Crippen LogP contribution in [0.3, 0.4) is 0 Å². The number of aliphatic imine (C=N–C) groups is 1. The number of nitrogens with zero attached hydrogens (tertiary/aromatic N) is 12. The van der Waals surface area contributed by atoms with Crippen molar-refractivity contribution in [2.45, 2.75) is 52.5 Å².